The van der Waals surface area contributed by atoms with E-state index in [0.29, 0.717) is 30.3 Å². The van der Waals surface area contributed by atoms with Crippen LogP contribution in [0.2, 0.25) is 5.02 Å². The number of unbranched alkanes of at least 4 members (excludes halogenated alkanes) is 2. The van der Waals surface area contributed by atoms with Crippen molar-refractivity contribution in [3.8, 4) is 17.1 Å². The zero-order valence-electron chi connectivity index (χ0n) is 26.2. The van der Waals surface area contributed by atoms with Gasteiger partial charge in [-0.05, 0) is 87.4 Å². The first-order valence-electron chi connectivity index (χ1n) is 15.5. The molecule has 0 bridgehead atoms. The Bertz CT molecular complexity index is 1690. The number of nitrogens with one attached hydrogen (secondary N) is 2. The van der Waals surface area contributed by atoms with Crippen LogP contribution in [0.3, 0.4) is 0 Å². The second-order valence-corrected chi connectivity index (χ2v) is 12.1. The van der Waals surface area contributed by atoms with Crippen molar-refractivity contribution in [1.82, 2.24) is 5.32 Å². The molecule has 0 atom stereocenters. The van der Waals surface area contributed by atoms with Gasteiger partial charge in [0.25, 0.3) is 0 Å². The highest BCUT2D eigenvalue weighted by atomic mass is 35.5. The van der Waals surface area contributed by atoms with Gasteiger partial charge in [-0.2, -0.15) is 4.58 Å². The van der Waals surface area contributed by atoms with Crippen molar-refractivity contribution in [2.24, 2.45) is 5.73 Å². The van der Waals surface area contributed by atoms with Crippen LogP contribution in [0.5, 0.6) is 5.75 Å². The van der Waals surface area contributed by atoms with E-state index < -0.39 is 0 Å². The molecule has 1 aliphatic heterocycles. The van der Waals surface area contributed by atoms with E-state index in [1.807, 2.05) is 54.6 Å². The first-order valence-corrected chi connectivity index (χ1v) is 15.9. The molecule has 5 rings (SSSR count). The van der Waals surface area contributed by atoms with E-state index in [1.54, 1.807) is 7.11 Å². The SMILES string of the molecule is COc1ccc(-c2ccc(/C=C/C3=[N+](CCCCCC(=O)NCCN)c4ccc(Nc5ccccc5)cc4C3(C)C)o2)cc1Cl. The summed E-state index contributed by atoms with van der Waals surface area (Å²) < 4.78 is 13.9. The summed E-state index contributed by atoms with van der Waals surface area (Å²) in [5.74, 6) is 2.19. The molecule has 0 saturated carbocycles. The van der Waals surface area contributed by atoms with E-state index in [9.17, 15) is 4.79 Å². The van der Waals surface area contributed by atoms with Crippen molar-refractivity contribution in [2.75, 3.05) is 32.1 Å². The average molecular weight is 626 g/mol. The van der Waals surface area contributed by atoms with Crippen LogP contribution < -0.4 is 21.1 Å². The van der Waals surface area contributed by atoms with E-state index in [-0.39, 0.29) is 11.3 Å². The van der Waals surface area contributed by atoms with Gasteiger partial charge in [-0.25, -0.2) is 0 Å². The van der Waals surface area contributed by atoms with Gasteiger partial charge in [-0.15, -0.1) is 0 Å². The Balaban J connectivity index is 1.38. The summed E-state index contributed by atoms with van der Waals surface area (Å²) >= 11 is 6.36. The first-order chi connectivity index (χ1) is 21.8. The van der Waals surface area contributed by atoms with Gasteiger partial charge in [0.15, 0.2) is 5.71 Å². The predicted molar refractivity (Wildman–Crippen MR) is 184 cm³/mol. The Kier molecular flexibility index (Phi) is 10.4. The summed E-state index contributed by atoms with van der Waals surface area (Å²) in [5.41, 5.74) is 11.9. The quantitative estimate of drug-likeness (QED) is 0.0973. The van der Waals surface area contributed by atoms with E-state index in [4.69, 9.17) is 26.5 Å². The number of amides is 1. The Labute approximate surface area is 270 Å². The minimum absolute atomic E-state index is 0.0662. The molecular weight excluding hydrogens is 584 g/mol. The van der Waals surface area contributed by atoms with Crippen molar-refractivity contribution in [1.29, 1.82) is 0 Å². The molecule has 7 nitrogen and oxygen atoms in total. The molecule has 234 valence electrons. The number of hydrogen-bond donors (Lipinski definition) is 3. The largest absolute Gasteiger partial charge is 0.495 e. The molecule has 1 amide bonds. The number of nitrogens with zero attached hydrogens (tertiary/aromatic N) is 1. The number of hydrogen-bond acceptors (Lipinski definition) is 5. The number of carbonyl (C=O) groups is 1. The van der Waals surface area contributed by atoms with Crippen molar-refractivity contribution in [3.05, 3.63) is 101 Å². The third kappa shape index (κ3) is 7.67. The number of anilines is 2. The second-order valence-electron chi connectivity index (χ2n) is 11.7. The van der Waals surface area contributed by atoms with Gasteiger partial charge in [0, 0.05) is 60.6 Å². The van der Waals surface area contributed by atoms with Gasteiger partial charge in [0.05, 0.1) is 17.5 Å². The molecule has 0 saturated heterocycles. The highest BCUT2D eigenvalue weighted by Crippen LogP contribution is 2.42. The van der Waals surface area contributed by atoms with Gasteiger partial charge in [0.2, 0.25) is 11.6 Å². The van der Waals surface area contributed by atoms with Crippen LogP contribution in [0.15, 0.2) is 89.4 Å². The topological polar surface area (TPSA) is 92.5 Å². The number of rotatable bonds is 14. The number of benzene rings is 3. The number of para-hydroxylation sites is 1. The fraction of sp³-hybridized carbons (Fsp3) is 0.297. The first kappa shape index (κ1) is 32.1. The molecule has 1 aliphatic rings. The Morgan fingerprint density at radius 3 is 2.56 bits per heavy atom. The lowest BCUT2D eigenvalue weighted by Crippen LogP contribution is -2.28. The zero-order chi connectivity index (χ0) is 31.8. The van der Waals surface area contributed by atoms with Gasteiger partial charge >= 0.3 is 0 Å². The highest BCUT2D eigenvalue weighted by molar-refractivity contribution is 6.32. The number of nitrogens with two attached hydrogens (primary N) is 1. The fourth-order valence-corrected chi connectivity index (χ4v) is 6.05. The van der Waals surface area contributed by atoms with Crippen LogP contribution >= 0.6 is 11.6 Å². The molecule has 0 spiro atoms. The summed E-state index contributed by atoms with van der Waals surface area (Å²) in [7, 11) is 1.60. The van der Waals surface area contributed by atoms with Crippen molar-refractivity contribution in [3.63, 3.8) is 0 Å². The molecule has 4 N–H and O–H groups in total. The summed E-state index contributed by atoms with van der Waals surface area (Å²) in [6, 6.07) is 26.4. The Morgan fingerprint density at radius 2 is 1.80 bits per heavy atom. The molecule has 45 heavy (non-hydrogen) atoms. The second kappa shape index (κ2) is 14.6. The highest BCUT2D eigenvalue weighted by Gasteiger charge is 2.44. The predicted octanol–water partition coefficient (Wildman–Crippen LogP) is 8.08. The van der Waals surface area contributed by atoms with Crippen LogP contribution in [0.4, 0.5) is 17.1 Å². The Hall–Kier alpha value is -4.33. The van der Waals surface area contributed by atoms with Crippen LogP contribution in [0, 0.1) is 0 Å². The van der Waals surface area contributed by atoms with E-state index in [0.717, 1.165) is 54.3 Å². The molecule has 0 unspecified atom stereocenters. The van der Waals surface area contributed by atoms with E-state index in [2.05, 4.69) is 65.5 Å². The van der Waals surface area contributed by atoms with Gasteiger partial charge in [-0.3, -0.25) is 4.79 Å². The lowest BCUT2D eigenvalue weighted by molar-refractivity contribution is -0.438. The van der Waals surface area contributed by atoms with E-state index in [1.165, 1.54) is 17.0 Å². The molecule has 3 aromatic carbocycles. The monoisotopic (exact) mass is 625 g/mol. The Morgan fingerprint density at radius 1 is 0.978 bits per heavy atom. The van der Waals surface area contributed by atoms with Crippen LogP contribution in [0.1, 0.15) is 50.9 Å². The molecule has 8 heteroatoms. The average Bonchev–Trinajstić information content (AvgIpc) is 3.59. The van der Waals surface area contributed by atoms with Gasteiger partial charge < -0.3 is 25.5 Å². The van der Waals surface area contributed by atoms with Gasteiger partial charge in [-0.1, -0.05) is 29.8 Å². The molecule has 0 fully saturated rings. The summed E-state index contributed by atoms with van der Waals surface area (Å²) in [6.07, 6.45) is 7.50. The van der Waals surface area contributed by atoms with Crippen LogP contribution in [-0.4, -0.2) is 42.9 Å². The summed E-state index contributed by atoms with van der Waals surface area (Å²) in [6.45, 7) is 6.37. The smallest absolute Gasteiger partial charge is 0.220 e. The lowest BCUT2D eigenvalue weighted by Gasteiger charge is -2.16. The van der Waals surface area contributed by atoms with Crippen LogP contribution in [-0.2, 0) is 10.2 Å². The maximum absolute atomic E-state index is 12.0. The number of carbonyl (C=O) groups excluding carboxylic acids is 1. The molecule has 0 aliphatic carbocycles. The number of ether oxygens (including phenoxy) is 1. The van der Waals surface area contributed by atoms with Crippen molar-refractivity contribution >= 4 is 46.4 Å². The molecule has 0 radical (unpaired) electrons. The third-order valence-corrected chi connectivity index (χ3v) is 8.47. The maximum atomic E-state index is 12.0. The lowest BCUT2D eigenvalue weighted by atomic mass is 9.81. The number of methoxy groups -OCH3 is 1. The third-order valence-electron chi connectivity index (χ3n) is 8.17. The normalized spacial score (nSPS) is 13.7. The van der Waals surface area contributed by atoms with Crippen LogP contribution in [0.25, 0.3) is 17.4 Å². The minimum Gasteiger partial charge on any atom is -0.495 e. The summed E-state index contributed by atoms with van der Waals surface area (Å²) in [4.78, 5) is 12.0. The molecule has 2 heterocycles. The number of furan rings is 1. The number of allylic oxidation sites excluding steroid dienone is 1. The zero-order valence-corrected chi connectivity index (χ0v) is 27.0. The fourth-order valence-electron chi connectivity index (χ4n) is 5.79. The number of fused-ring (bicyclic) bond motifs is 1. The van der Waals surface area contributed by atoms with Crippen molar-refractivity contribution in [2.45, 2.75) is 44.9 Å². The van der Waals surface area contributed by atoms with Crippen molar-refractivity contribution < 1.29 is 18.5 Å². The number of halogens is 1. The molecule has 4 aromatic rings. The maximum Gasteiger partial charge on any atom is 0.220 e. The minimum atomic E-state index is -0.249. The molecular formula is C37H42ClN4O3+. The standard InChI is InChI=1S/C37H41ClN4O3/c1-37(2)30-25-28(41-27-10-6-4-7-11-27)14-17-32(30)42(23-9-5-8-12-36(43)40-22-21-39)35(37)20-16-29-15-19-33(45-29)26-13-18-34(44-3)31(38)24-26/h4,6-7,10-11,13-20,24-25,41H,5,8-9,12,21-23,39H2,1-3H3/p+1/b20-16+. The van der Waals surface area contributed by atoms with E-state index >= 15 is 0 Å². The van der Waals surface area contributed by atoms with Gasteiger partial charge in [0.1, 0.15) is 23.8 Å². The summed E-state index contributed by atoms with van der Waals surface area (Å²) in [5, 5.41) is 6.94. The molecule has 1 aromatic heterocycles.